The summed E-state index contributed by atoms with van der Waals surface area (Å²) in [6.45, 7) is 11.1. The van der Waals surface area contributed by atoms with Crippen molar-refractivity contribution in [3.8, 4) is 5.88 Å². The van der Waals surface area contributed by atoms with E-state index in [0.717, 1.165) is 10.8 Å². The van der Waals surface area contributed by atoms with E-state index in [2.05, 4.69) is 16.9 Å². The van der Waals surface area contributed by atoms with Crippen LogP contribution >= 0.6 is 0 Å². The van der Waals surface area contributed by atoms with Gasteiger partial charge in [0.05, 0.1) is 13.2 Å². The lowest BCUT2D eigenvalue weighted by Crippen LogP contribution is -2.53. The van der Waals surface area contributed by atoms with Gasteiger partial charge >= 0.3 is 12.1 Å². The molecule has 4 rings (SSSR count). The molecule has 0 bridgehead atoms. The smallest absolute Gasteiger partial charge is 0.411 e. The number of hydrogen-bond acceptors (Lipinski definition) is 7. The molecule has 0 spiro atoms. The fourth-order valence-corrected chi connectivity index (χ4v) is 4.56. The normalized spacial score (nSPS) is 25.2. The molecule has 1 saturated carbocycles. The highest BCUT2D eigenvalue weighted by atomic mass is 16.6. The summed E-state index contributed by atoms with van der Waals surface area (Å²) in [7, 11) is 0. The highest BCUT2D eigenvalue weighted by Gasteiger charge is 2.62. The highest BCUT2D eigenvalue weighted by molar-refractivity contribution is 5.95. The largest absolute Gasteiger partial charge is 0.472 e. The van der Waals surface area contributed by atoms with Crippen LogP contribution < -0.4 is 10.1 Å². The first kappa shape index (κ1) is 25.5. The first-order chi connectivity index (χ1) is 17.1. The molecular weight excluding hydrogens is 462 g/mol. The number of hydrogen-bond donors (Lipinski definition) is 1. The van der Waals surface area contributed by atoms with Crippen molar-refractivity contribution < 1.29 is 28.6 Å². The van der Waals surface area contributed by atoms with Gasteiger partial charge in [-0.2, -0.15) is 0 Å². The zero-order chi connectivity index (χ0) is 26.1. The van der Waals surface area contributed by atoms with Crippen molar-refractivity contribution in [1.82, 2.24) is 15.2 Å². The van der Waals surface area contributed by atoms with E-state index in [-0.39, 0.29) is 25.5 Å². The number of esters is 1. The zero-order valence-electron chi connectivity index (χ0n) is 21.2. The van der Waals surface area contributed by atoms with Gasteiger partial charge in [-0.1, -0.05) is 24.3 Å². The Kier molecular flexibility index (Phi) is 6.93. The molecule has 2 heterocycles. The van der Waals surface area contributed by atoms with Gasteiger partial charge < -0.3 is 19.5 Å². The van der Waals surface area contributed by atoms with Crippen LogP contribution in [-0.4, -0.2) is 64.3 Å². The summed E-state index contributed by atoms with van der Waals surface area (Å²) in [5, 5.41) is 4.66. The molecule has 2 aliphatic rings. The number of benzene rings is 1. The lowest BCUT2D eigenvalue weighted by atomic mass is 10.1. The number of nitrogens with zero attached hydrogens (tertiary/aromatic N) is 2. The quantitative estimate of drug-likeness (QED) is 0.462. The molecule has 4 atom stereocenters. The Morgan fingerprint density at radius 2 is 2.00 bits per heavy atom. The lowest BCUT2D eigenvalue weighted by molar-refractivity contribution is -0.149. The summed E-state index contributed by atoms with van der Waals surface area (Å²) in [5.41, 5.74) is -1.91. The number of ether oxygens (including phenoxy) is 3. The van der Waals surface area contributed by atoms with Crippen molar-refractivity contribution in [2.75, 3.05) is 13.2 Å². The van der Waals surface area contributed by atoms with Crippen molar-refractivity contribution in [2.24, 2.45) is 5.92 Å². The monoisotopic (exact) mass is 495 g/mol. The van der Waals surface area contributed by atoms with E-state index >= 15 is 0 Å². The highest BCUT2D eigenvalue weighted by Crippen LogP contribution is 2.45. The molecule has 2 aromatic rings. The van der Waals surface area contributed by atoms with E-state index in [1.807, 2.05) is 30.3 Å². The number of rotatable bonds is 7. The Bertz CT molecular complexity index is 1170. The van der Waals surface area contributed by atoms with Gasteiger partial charge in [0, 0.05) is 23.9 Å². The average molecular weight is 496 g/mol. The molecule has 192 valence electrons. The number of likely N-dealkylation sites (tertiary alicyclic amines) is 1. The van der Waals surface area contributed by atoms with Crippen molar-refractivity contribution in [1.29, 1.82) is 0 Å². The number of aromatic nitrogens is 1. The van der Waals surface area contributed by atoms with Crippen LogP contribution in [0.5, 0.6) is 5.88 Å². The fourth-order valence-electron chi connectivity index (χ4n) is 4.56. The van der Waals surface area contributed by atoms with Crippen LogP contribution in [0.15, 0.2) is 49.2 Å². The maximum atomic E-state index is 13.5. The van der Waals surface area contributed by atoms with E-state index in [9.17, 15) is 14.4 Å². The van der Waals surface area contributed by atoms with Gasteiger partial charge in [-0.15, -0.1) is 6.58 Å². The lowest BCUT2D eigenvalue weighted by Gasteiger charge is -2.28. The molecule has 1 aliphatic heterocycles. The van der Waals surface area contributed by atoms with E-state index in [0.29, 0.717) is 12.3 Å². The number of carbonyl (C=O) groups is 3. The molecule has 4 unspecified atom stereocenters. The molecule has 1 saturated heterocycles. The standard InChI is InChI=1S/C27H33N3O6/c1-6-18-15-27(18,24(32)34-7-2)29-22(31)21-14-19(16-30(21)25(33)36-26(3,4)5)35-23-20-11-9-8-10-17(20)12-13-28-23/h6,8-13,18-19,21H,1,7,14-16H2,2-5H3,(H,29,31). The first-order valence-corrected chi connectivity index (χ1v) is 12.2. The predicted octanol–water partition coefficient (Wildman–Crippen LogP) is 3.62. The average Bonchev–Trinajstić information content (AvgIpc) is 3.37. The first-order valence-electron chi connectivity index (χ1n) is 12.2. The van der Waals surface area contributed by atoms with Crippen molar-refractivity contribution in [3.05, 3.63) is 49.2 Å². The molecule has 2 amide bonds. The summed E-state index contributed by atoms with van der Waals surface area (Å²) in [4.78, 5) is 44.9. The molecule has 9 nitrogen and oxygen atoms in total. The third-order valence-corrected chi connectivity index (χ3v) is 6.39. The van der Waals surface area contributed by atoms with Crippen molar-refractivity contribution >= 4 is 28.7 Å². The second-order valence-electron chi connectivity index (χ2n) is 10.2. The topological polar surface area (TPSA) is 107 Å². The molecule has 2 fully saturated rings. The molecule has 0 radical (unpaired) electrons. The van der Waals surface area contributed by atoms with Crippen LogP contribution in [0.25, 0.3) is 10.8 Å². The third-order valence-electron chi connectivity index (χ3n) is 6.39. The molecule has 9 heteroatoms. The molecule has 1 N–H and O–H groups in total. The zero-order valence-corrected chi connectivity index (χ0v) is 21.2. The van der Waals surface area contributed by atoms with Crippen molar-refractivity contribution in [2.45, 2.75) is 63.8 Å². The molecule has 1 aliphatic carbocycles. The Balaban J connectivity index is 1.57. The molecule has 1 aromatic heterocycles. The number of fused-ring (bicyclic) bond motifs is 1. The Morgan fingerprint density at radius 3 is 2.67 bits per heavy atom. The SMILES string of the molecule is C=CC1CC1(NC(=O)C1CC(Oc2nccc3ccccc23)CN1C(=O)OC(C)(C)C)C(=O)OCC. The Labute approximate surface area is 210 Å². The maximum absolute atomic E-state index is 13.5. The van der Waals surface area contributed by atoms with E-state index in [4.69, 9.17) is 14.2 Å². The number of pyridine rings is 1. The number of nitrogens with one attached hydrogen (secondary N) is 1. The minimum Gasteiger partial charge on any atom is -0.472 e. The number of amides is 2. The fraction of sp³-hybridized carbons (Fsp3) is 0.481. The van der Waals surface area contributed by atoms with Gasteiger partial charge in [0.1, 0.15) is 23.3 Å². The van der Waals surface area contributed by atoms with Gasteiger partial charge in [0.25, 0.3) is 0 Å². The van der Waals surface area contributed by atoms with Gasteiger partial charge in [-0.05, 0) is 51.6 Å². The van der Waals surface area contributed by atoms with Crippen LogP contribution in [-0.2, 0) is 19.1 Å². The molecule has 1 aromatic carbocycles. The summed E-state index contributed by atoms with van der Waals surface area (Å²) in [6, 6.07) is 8.70. The number of carbonyl (C=O) groups excluding carboxylic acids is 3. The van der Waals surface area contributed by atoms with Gasteiger partial charge in [0.15, 0.2) is 0 Å². The second-order valence-corrected chi connectivity index (χ2v) is 10.2. The third kappa shape index (κ3) is 5.15. The van der Waals surface area contributed by atoms with E-state index in [1.54, 1.807) is 40.0 Å². The predicted molar refractivity (Wildman–Crippen MR) is 133 cm³/mol. The van der Waals surface area contributed by atoms with E-state index in [1.165, 1.54) is 4.90 Å². The van der Waals surface area contributed by atoms with E-state index < -0.39 is 41.3 Å². The molecule has 36 heavy (non-hydrogen) atoms. The van der Waals surface area contributed by atoms with Crippen LogP contribution in [0, 0.1) is 5.92 Å². The van der Waals surface area contributed by atoms with Gasteiger partial charge in [-0.3, -0.25) is 9.69 Å². The molecular formula is C27H33N3O6. The van der Waals surface area contributed by atoms with Crippen LogP contribution in [0.3, 0.4) is 0 Å². The van der Waals surface area contributed by atoms with Gasteiger partial charge in [-0.25, -0.2) is 14.6 Å². The maximum Gasteiger partial charge on any atom is 0.411 e. The minimum atomic E-state index is -1.16. The Hall–Kier alpha value is -3.62. The second kappa shape index (κ2) is 9.79. The van der Waals surface area contributed by atoms with Crippen molar-refractivity contribution in [3.63, 3.8) is 0 Å². The minimum absolute atomic E-state index is 0.134. The summed E-state index contributed by atoms with van der Waals surface area (Å²) in [6.07, 6.45) is 2.79. The van der Waals surface area contributed by atoms with Crippen LogP contribution in [0.2, 0.25) is 0 Å². The summed E-state index contributed by atoms with van der Waals surface area (Å²) in [5.74, 6) is -0.767. The Morgan fingerprint density at radius 1 is 1.25 bits per heavy atom. The van der Waals surface area contributed by atoms with Crippen LogP contribution in [0.1, 0.15) is 40.5 Å². The van der Waals surface area contributed by atoms with Crippen LogP contribution in [0.4, 0.5) is 4.79 Å². The summed E-state index contributed by atoms with van der Waals surface area (Å²) >= 11 is 0. The summed E-state index contributed by atoms with van der Waals surface area (Å²) < 4.78 is 17.0. The van der Waals surface area contributed by atoms with Gasteiger partial charge in [0.2, 0.25) is 11.8 Å².